The van der Waals surface area contributed by atoms with Gasteiger partial charge in [0.1, 0.15) is 11.6 Å². The minimum absolute atomic E-state index is 0.114. The van der Waals surface area contributed by atoms with E-state index >= 15 is 0 Å². The largest absolute Gasteiger partial charge is 0.440 e. The van der Waals surface area contributed by atoms with Crippen molar-refractivity contribution in [3.05, 3.63) is 53.9 Å². The number of oxazole rings is 1. The minimum atomic E-state index is -0.250. The Morgan fingerprint density at radius 2 is 1.96 bits per heavy atom. The van der Waals surface area contributed by atoms with E-state index in [1.54, 1.807) is 41.0 Å². The third-order valence-electron chi connectivity index (χ3n) is 4.95. The maximum Gasteiger partial charge on any atom is 0.276 e. The molecule has 0 saturated carbocycles. The number of anilines is 1. The molecule has 0 aliphatic carbocycles. The van der Waals surface area contributed by atoms with Gasteiger partial charge in [-0.05, 0) is 44.0 Å². The average Bonchev–Trinajstić information content (AvgIpc) is 3.29. The van der Waals surface area contributed by atoms with Crippen LogP contribution in [0.4, 0.5) is 10.1 Å². The molecule has 7 nitrogen and oxygen atoms in total. The Morgan fingerprint density at radius 1 is 1.25 bits per heavy atom. The van der Waals surface area contributed by atoms with Crippen molar-refractivity contribution < 1.29 is 13.6 Å². The quantitative estimate of drug-likeness (QED) is 0.749. The van der Waals surface area contributed by atoms with Crippen LogP contribution >= 0.6 is 0 Å². The van der Waals surface area contributed by atoms with Crippen molar-refractivity contribution in [1.29, 1.82) is 0 Å². The number of amides is 1. The average molecular weight is 383 g/mol. The minimum Gasteiger partial charge on any atom is -0.440 e. The van der Waals surface area contributed by atoms with Crippen LogP contribution in [0.25, 0.3) is 11.5 Å². The molecule has 4 rings (SSSR count). The fourth-order valence-electron chi connectivity index (χ4n) is 3.41. The van der Waals surface area contributed by atoms with Gasteiger partial charge in [-0.1, -0.05) is 0 Å². The summed E-state index contributed by atoms with van der Waals surface area (Å²) in [5.74, 6) is 0.549. The van der Waals surface area contributed by atoms with Crippen molar-refractivity contribution in [2.45, 2.75) is 25.8 Å². The number of nitrogens with zero attached hydrogens (tertiary/aromatic N) is 4. The highest BCUT2D eigenvalue weighted by molar-refractivity contribution is 5.93. The molecule has 1 N–H and O–H groups in total. The van der Waals surface area contributed by atoms with Crippen LogP contribution in [0.15, 0.2) is 41.1 Å². The van der Waals surface area contributed by atoms with Gasteiger partial charge in [0.15, 0.2) is 5.69 Å². The highest BCUT2D eigenvalue weighted by Crippen LogP contribution is 2.24. The summed E-state index contributed by atoms with van der Waals surface area (Å²) in [7, 11) is 1.81. The molecule has 0 spiro atoms. The van der Waals surface area contributed by atoms with Gasteiger partial charge in [0.05, 0.1) is 11.8 Å². The van der Waals surface area contributed by atoms with Crippen molar-refractivity contribution in [1.82, 2.24) is 19.7 Å². The summed E-state index contributed by atoms with van der Waals surface area (Å²) in [6, 6.07) is 6.58. The number of rotatable bonds is 4. The summed E-state index contributed by atoms with van der Waals surface area (Å²) in [5, 5.41) is 7.51. The number of benzene rings is 1. The van der Waals surface area contributed by atoms with E-state index in [1.165, 1.54) is 12.1 Å². The second-order valence-corrected chi connectivity index (χ2v) is 7.04. The number of carbonyl (C=O) groups is 1. The molecule has 1 aliphatic rings. The third-order valence-corrected chi connectivity index (χ3v) is 4.95. The molecule has 0 bridgehead atoms. The maximum atomic E-state index is 13.0. The first-order chi connectivity index (χ1) is 13.5. The van der Waals surface area contributed by atoms with Gasteiger partial charge < -0.3 is 14.6 Å². The van der Waals surface area contributed by atoms with Gasteiger partial charge in [0, 0.05) is 38.1 Å². The number of aryl methyl sites for hydroxylation is 2. The number of piperidine rings is 1. The molecule has 1 saturated heterocycles. The number of hydrogen-bond donors (Lipinski definition) is 1. The molecule has 8 heteroatoms. The Labute approximate surface area is 162 Å². The number of likely N-dealkylation sites (tertiary alicyclic amines) is 1. The maximum absolute atomic E-state index is 13.0. The number of hydrogen-bond acceptors (Lipinski definition) is 5. The fourth-order valence-corrected chi connectivity index (χ4v) is 3.41. The summed E-state index contributed by atoms with van der Waals surface area (Å²) < 4.78 is 20.4. The number of halogens is 1. The van der Waals surface area contributed by atoms with Gasteiger partial charge in [-0.25, -0.2) is 9.37 Å². The topological polar surface area (TPSA) is 76.2 Å². The van der Waals surface area contributed by atoms with E-state index < -0.39 is 0 Å². The van der Waals surface area contributed by atoms with Crippen LogP contribution in [0.5, 0.6) is 0 Å². The highest BCUT2D eigenvalue weighted by Gasteiger charge is 2.27. The fraction of sp³-hybridized carbons (Fsp3) is 0.350. The molecular weight excluding hydrogens is 361 g/mol. The van der Waals surface area contributed by atoms with Crippen LogP contribution < -0.4 is 5.32 Å². The summed E-state index contributed by atoms with van der Waals surface area (Å²) >= 11 is 0. The van der Waals surface area contributed by atoms with Crippen LogP contribution in [0, 0.1) is 12.7 Å². The van der Waals surface area contributed by atoms with Gasteiger partial charge in [0.25, 0.3) is 5.91 Å². The molecule has 0 unspecified atom stereocenters. The molecule has 1 aliphatic heterocycles. The number of aromatic nitrogens is 3. The summed E-state index contributed by atoms with van der Waals surface area (Å²) in [6.45, 7) is 3.02. The number of carbonyl (C=O) groups excluding carboxylic acids is 1. The highest BCUT2D eigenvalue weighted by atomic mass is 19.1. The van der Waals surface area contributed by atoms with E-state index in [9.17, 15) is 9.18 Å². The van der Waals surface area contributed by atoms with Crippen LogP contribution in [0.3, 0.4) is 0 Å². The number of nitrogens with one attached hydrogen (secondary N) is 1. The SMILES string of the molecule is Cc1oc(-c2cnn(C)c2)nc1C(=O)N1CCC(Nc2ccc(F)cc2)CC1. The first-order valence-electron chi connectivity index (χ1n) is 9.27. The lowest BCUT2D eigenvalue weighted by molar-refractivity contribution is 0.0711. The zero-order valence-electron chi connectivity index (χ0n) is 15.9. The Balaban J connectivity index is 1.39. The molecule has 0 radical (unpaired) electrons. The van der Waals surface area contributed by atoms with Gasteiger partial charge in [0.2, 0.25) is 5.89 Å². The lowest BCUT2D eigenvalue weighted by Crippen LogP contribution is -2.42. The summed E-state index contributed by atoms with van der Waals surface area (Å²) in [5.41, 5.74) is 1.98. The van der Waals surface area contributed by atoms with E-state index in [-0.39, 0.29) is 17.8 Å². The van der Waals surface area contributed by atoms with Crippen molar-refractivity contribution in [2.75, 3.05) is 18.4 Å². The Hall–Kier alpha value is -3.16. The van der Waals surface area contributed by atoms with Crippen LogP contribution in [0.1, 0.15) is 29.1 Å². The second-order valence-electron chi connectivity index (χ2n) is 7.04. The smallest absolute Gasteiger partial charge is 0.276 e. The van der Waals surface area contributed by atoms with E-state index in [1.807, 2.05) is 7.05 Å². The summed E-state index contributed by atoms with van der Waals surface area (Å²) in [6.07, 6.45) is 5.09. The van der Waals surface area contributed by atoms with Crippen molar-refractivity contribution in [3.8, 4) is 11.5 Å². The molecule has 3 aromatic rings. The molecule has 2 aromatic heterocycles. The Morgan fingerprint density at radius 3 is 2.61 bits per heavy atom. The molecular formula is C20H22FN5O2. The molecule has 0 atom stereocenters. The van der Waals surface area contributed by atoms with Gasteiger partial charge in [-0.15, -0.1) is 0 Å². The zero-order chi connectivity index (χ0) is 19.7. The molecule has 1 fully saturated rings. The van der Waals surface area contributed by atoms with E-state index in [2.05, 4.69) is 15.4 Å². The van der Waals surface area contributed by atoms with Crippen LogP contribution in [-0.2, 0) is 7.05 Å². The molecule has 146 valence electrons. The Bertz CT molecular complexity index is 971. The lowest BCUT2D eigenvalue weighted by atomic mass is 10.0. The first-order valence-corrected chi connectivity index (χ1v) is 9.27. The van der Waals surface area contributed by atoms with Crippen molar-refractivity contribution >= 4 is 11.6 Å². The first kappa shape index (κ1) is 18.2. The lowest BCUT2D eigenvalue weighted by Gasteiger charge is -2.32. The second kappa shape index (κ2) is 7.46. The molecule has 1 aromatic carbocycles. The van der Waals surface area contributed by atoms with Gasteiger partial charge in [-0.2, -0.15) is 5.10 Å². The predicted octanol–water partition coefficient (Wildman–Crippen LogP) is 3.24. The normalized spacial score (nSPS) is 15.0. The standard InChI is InChI=1S/C20H22FN5O2/c1-13-18(24-19(28-13)14-11-22-25(2)12-14)20(27)26-9-7-17(8-10-26)23-16-5-3-15(21)4-6-16/h3-6,11-12,17,23H,7-10H2,1-2H3. The van der Waals surface area contributed by atoms with Crippen LogP contribution in [-0.4, -0.2) is 44.7 Å². The summed E-state index contributed by atoms with van der Waals surface area (Å²) in [4.78, 5) is 19.1. The van der Waals surface area contributed by atoms with E-state index in [0.717, 1.165) is 24.1 Å². The Kier molecular flexibility index (Phi) is 4.85. The molecule has 1 amide bonds. The van der Waals surface area contributed by atoms with E-state index in [4.69, 9.17) is 4.42 Å². The third kappa shape index (κ3) is 3.76. The monoisotopic (exact) mass is 383 g/mol. The zero-order valence-corrected chi connectivity index (χ0v) is 15.9. The van der Waals surface area contributed by atoms with Crippen molar-refractivity contribution in [3.63, 3.8) is 0 Å². The molecule has 3 heterocycles. The predicted molar refractivity (Wildman–Crippen MR) is 102 cm³/mol. The van der Waals surface area contributed by atoms with Crippen LogP contribution in [0.2, 0.25) is 0 Å². The van der Waals surface area contributed by atoms with Gasteiger partial charge in [-0.3, -0.25) is 9.48 Å². The van der Waals surface area contributed by atoms with E-state index in [0.29, 0.717) is 30.4 Å². The molecule has 28 heavy (non-hydrogen) atoms. The van der Waals surface area contributed by atoms with Gasteiger partial charge >= 0.3 is 0 Å². The van der Waals surface area contributed by atoms with Crippen molar-refractivity contribution in [2.24, 2.45) is 7.05 Å².